The Morgan fingerprint density at radius 2 is 1.79 bits per heavy atom. The molecule has 1 aromatic carbocycles. The normalized spacial score (nSPS) is 16.3. The van der Waals surface area contributed by atoms with E-state index in [9.17, 15) is 4.79 Å². The number of hydrogen-bond donors (Lipinski definition) is 4. The fourth-order valence-corrected chi connectivity index (χ4v) is 3.27. The Bertz CT molecular complexity index is 633. The number of nitrogens with zero attached hydrogens (tertiary/aromatic N) is 2. The molecule has 2 amide bonds. The molecular formula is C21H36N6O. The highest BCUT2D eigenvalue weighted by molar-refractivity contribution is 5.89. The lowest BCUT2D eigenvalue weighted by atomic mass is 10.0. The smallest absolute Gasteiger partial charge is 0.319 e. The van der Waals surface area contributed by atoms with Crippen LogP contribution in [0.2, 0.25) is 0 Å². The summed E-state index contributed by atoms with van der Waals surface area (Å²) in [6.07, 6.45) is 2.27. The first-order valence-electron chi connectivity index (χ1n) is 10.2. The molecule has 0 bridgehead atoms. The van der Waals surface area contributed by atoms with Crippen LogP contribution in [0.15, 0.2) is 29.3 Å². The van der Waals surface area contributed by atoms with Crippen LogP contribution in [-0.2, 0) is 6.54 Å². The summed E-state index contributed by atoms with van der Waals surface area (Å²) in [7, 11) is 1.80. The molecule has 1 aliphatic heterocycles. The lowest BCUT2D eigenvalue weighted by Gasteiger charge is -2.35. The summed E-state index contributed by atoms with van der Waals surface area (Å²) in [4.78, 5) is 18.6. The molecule has 0 spiro atoms. The van der Waals surface area contributed by atoms with Crippen LogP contribution >= 0.6 is 0 Å². The Hall–Kier alpha value is -2.28. The fraction of sp³-hybridized carbons (Fsp3) is 0.619. The van der Waals surface area contributed by atoms with Gasteiger partial charge in [-0.1, -0.05) is 12.1 Å². The van der Waals surface area contributed by atoms with Gasteiger partial charge in [0, 0.05) is 50.5 Å². The summed E-state index contributed by atoms with van der Waals surface area (Å²) in [6, 6.07) is 8.84. The van der Waals surface area contributed by atoms with Gasteiger partial charge >= 0.3 is 6.03 Å². The number of piperidine rings is 1. The number of anilines is 1. The highest BCUT2D eigenvalue weighted by Crippen LogP contribution is 2.13. The van der Waals surface area contributed by atoms with Crippen molar-refractivity contribution in [2.24, 2.45) is 4.99 Å². The average molecular weight is 389 g/mol. The van der Waals surface area contributed by atoms with Crippen molar-refractivity contribution in [2.75, 3.05) is 25.5 Å². The lowest BCUT2D eigenvalue weighted by Crippen LogP contribution is -2.49. The molecule has 0 atom stereocenters. The van der Waals surface area contributed by atoms with Crippen molar-refractivity contribution in [3.05, 3.63) is 29.8 Å². The second-order valence-corrected chi connectivity index (χ2v) is 7.92. The van der Waals surface area contributed by atoms with Gasteiger partial charge in [-0.2, -0.15) is 0 Å². The highest BCUT2D eigenvalue weighted by Gasteiger charge is 2.21. The summed E-state index contributed by atoms with van der Waals surface area (Å²) < 4.78 is 0. The first-order valence-corrected chi connectivity index (χ1v) is 10.2. The Morgan fingerprint density at radius 3 is 2.32 bits per heavy atom. The maximum absolute atomic E-state index is 11.7. The molecule has 0 aliphatic carbocycles. The Balaban J connectivity index is 1.76. The number of rotatable bonds is 6. The fourth-order valence-electron chi connectivity index (χ4n) is 3.27. The number of urea groups is 1. The van der Waals surface area contributed by atoms with Gasteiger partial charge in [0.05, 0.1) is 0 Å². The van der Waals surface area contributed by atoms with E-state index >= 15 is 0 Å². The number of carbonyl (C=O) groups is 1. The molecular weight excluding hydrogens is 352 g/mol. The number of carbonyl (C=O) groups excluding carboxylic acids is 1. The van der Waals surface area contributed by atoms with Crippen LogP contribution < -0.4 is 21.3 Å². The lowest BCUT2D eigenvalue weighted by molar-refractivity contribution is 0.167. The zero-order valence-corrected chi connectivity index (χ0v) is 17.9. The molecule has 2 rings (SSSR count). The number of hydrogen-bond acceptors (Lipinski definition) is 3. The topological polar surface area (TPSA) is 80.8 Å². The molecule has 28 heavy (non-hydrogen) atoms. The van der Waals surface area contributed by atoms with E-state index in [1.165, 1.54) is 0 Å². The molecule has 0 unspecified atom stereocenters. The molecule has 0 aromatic heterocycles. The summed E-state index contributed by atoms with van der Waals surface area (Å²) in [6.45, 7) is 11.3. The zero-order chi connectivity index (χ0) is 20.5. The second kappa shape index (κ2) is 10.9. The minimum absolute atomic E-state index is 0.111. The van der Waals surface area contributed by atoms with Crippen LogP contribution in [0.1, 0.15) is 46.1 Å². The molecule has 156 valence electrons. The van der Waals surface area contributed by atoms with Crippen LogP contribution in [0.5, 0.6) is 0 Å². The monoisotopic (exact) mass is 388 g/mol. The summed E-state index contributed by atoms with van der Waals surface area (Å²) in [5.74, 6) is 0.835. The predicted octanol–water partition coefficient (Wildman–Crippen LogP) is 2.75. The molecule has 4 N–H and O–H groups in total. The predicted molar refractivity (Wildman–Crippen MR) is 117 cm³/mol. The third kappa shape index (κ3) is 7.38. The van der Waals surface area contributed by atoms with Gasteiger partial charge in [-0.15, -0.1) is 0 Å². The third-order valence-corrected chi connectivity index (χ3v) is 4.92. The Labute approximate surface area is 169 Å². The van der Waals surface area contributed by atoms with Crippen molar-refractivity contribution in [3.8, 4) is 0 Å². The van der Waals surface area contributed by atoms with E-state index in [1.807, 2.05) is 38.1 Å². The van der Waals surface area contributed by atoms with Crippen molar-refractivity contribution in [1.82, 2.24) is 20.9 Å². The van der Waals surface area contributed by atoms with Gasteiger partial charge in [-0.3, -0.25) is 4.99 Å². The SMILES string of the molecule is CN=C(NCc1ccc(NC(=O)NC(C)C)cc1)NC1CCN(C(C)C)CC1. The molecule has 1 saturated heterocycles. The number of guanidine groups is 1. The molecule has 1 aliphatic rings. The molecule has 1 heterocycles. The number of nitrogens with one attached hydrogen (secondary N) is 4. The van der Waals surface area contributed by atoms with Crippen molar-refractivity contribution in [2.45, 2.75) is 65.2 Å². The van der Waals surface area contributed by atoms with E-state index in [0.717, 1.165) is 43.1 Å². The zero-order valence-electron chi connectivity index (χ0n) is 17.9. The van der Waals surface area contributed by atoms with Crippen LogP contribution in [-0.4, -0.2) is 55.2 Å². The number of benzene rings is 1. The van der Waals surface area contributed by atoms with E-state index in [-0.39, 0.29) is 12.1 Å². The van der Waals surface area contributed by atoms with E-state index in [0.29, 0.717) is 18.6 Å². The number of amides is 2. The minimum atomic E-state index is -0.186. The van der Waals surface area contributed by atoms with Gasteiger partial charge in [-0.25, -0.2) is 4.79 Å². The molecule has 0 radical (unpaired) electrons. The third-order valence-electron chi connectivity index (χ3n) is 4.92. The Kier molecular flexibility index (Phi) is 8.57. The molecule has 7 heteroatoms. The second-order valence-electron chi connectivity index (χ2n) is 7.92. The van der Waals surface area contributed by atoms with Gasteiger partial charge in [0.15, 0.2) is 5.96 Å². The average Bonchev–Trinajstić information content (AvgIpc) is 2.66. The van der Waals surface area contributed by atoms with Crippen LogP contribution in [0, 0.1) is 0 Å². The quantitative estimate of drug-likeness (QED) is 0.446. The molecule has 7 nitrogen and oxygen atoms in total. The summed E-state index contributed by atoms with van der Waals surface area (Å²) >= 11 is 0. The summed E-state index contributed by atoms with van der Waals surface area (Å²) in [5.41, 5.74) is 1.91. The molecule has 1 fully saturated rings. The van der Waals surface area contributed by atoms with Crippen molar-refractivity contribution >= 4 is 17.7 Å². The highest BCUT2D eigenvalue weighted by atomic mass is 16.2. The van der Waals surface area contributed by atoms with Gasteiger partial charge in [0.25, 0.3) is 0 Å². The van der Waals surface area contributed by atoms with Gasteiger partial charge in [0.1, 0.15) is 0 Å². The van der Waals surface area contributed by atoms with Crippen molar-refractivity contribution in [3.63, 3.8) is 0 Å². The van der Waals surface area contributed by atoms with Gasteiger partial charge < -0.3 is 26.2 Å². The van der Waals surface area contributed by atoms with Crippen molar-refractivity contribution < 1.29 is 4.79 Å². The molecule has 0 saturated carbocycles. The number of aliphatic imine (C=N–C) groups is 1. The minimum Gasteiger partial charge on any atom is -0.354 e. The number of likely N-dealkylation sites (tertiary alicyclic amines) is 1. The maximum atomic E-state index is 11.7. The summed E-state index contributed by atoms with van der Waals surface area (Å²) in [5, 5.41) is 12.6. The first-order chi connectivity index (χ1) is 13.4. The van der Waals surface area contributed by atoms with Crippen LogP contribution in [0.4, 0.5) is 10.5 Å². The Morgan fingerprint density at radius 1 is 1.14 bits per heavy atom. The standard InChI is InChI=1S/C21H36N6O/c1-15(2)24-21(28)26-18-8-6-17(7-9-18)14-23-20(22-5)25-19-10-12-27(13-11-19)16(3)4/h6-9,15-16,19H,10-14H2,1-5H3,(H2,22,23,25)(H2,24,26,28). The van der Waals surface area contributed by atoms with E-state index in [1.54, 1.807) is 7.05 Å². The van der Waals surface area contributed by atoms with Gasteiger partial charge in [0.2, 0.25) is 0 Å². The van der Waals surface area contributed by atoms with Crippen LogP contribution in [0.25, 0.3) is 0 Å². The van der Waals surface area contributed by atoms with Crippen LogP contribution in [0.3, 0.4) is 0 Å². The largest absolute Gasteiger partial charge is 0.354 e. The first kappa shape index (κ1) is 22.0. The van der Waals surface area contributed by atoms with E-state index in [4.69, 9.17) is 0 Å². The van der Waals surface area contributed by atoms with E-state index in [2.05, 4.69) is 45.0 Å². The molecule has 1 aromatic rings. The van der Waals surface area contributed by atoms with Crippen molar-refractivity contribution in [1.29, 1.82) is 0 Å². The van der Waals surface area contributed by atoms with E-state index < -0.39 is 0 Å². The maximum Gasteiger partial charge on any atom is 0.319 e. The van der Waals surface area contributed by atoms with Gasteiger partial charge in [-0.05, 0) is 58.2 Å².